The van der Waals surface area contributed by atoms with Crippen molar-refractivity contribution in [3.63, 3.8) is 0 Å². The number of amides is 2. The quantitative estimate of drug-likeness (QED) is 0.842. The van der Waals surface area contributed by atoms with Crippen LogP contribution in [0.25, 0.3) is 0 Å². The zero-order chi connectivity index (χ0) is 15.0. The molecule has 2 amide bonds. The molecule has 4 nitrogen and oxygen atoms in total. The Balaban J connectivity index is 1.76. The second-order valence-corrected chi connectivity index (χ2v) is 7.44. The Labute approximate surface area is 129 Å². The van der Waals surface area contributed by atoms with Crippen molar-refractivity contribution < 1.29 is 9.59 Å². The number of carbonyl (C=O) groups excluding carboxylic acids is 2. The first-order chi connectivity index (χ1) is 10.0. The Morgan fingerprint density at radius 3 is 2.86 bits per heavy atom. The SMILES string of the molecule is CN(C)C(=O)[C@H]1CCC[C@@]12CCN(C(=O)c1cccs1)C2. The summed E-state index contributed by atoms with van der Waals surface area (Å²) in [6, 6.07) is 3.80. The van der Waals surface area contributed by atoms with E-state index in [0.717, 1.165) is 43.6 Å². The molecular formula is C16H22N2O2S. The van der Waals surface area contributed by atoms with Gasteiger partial charge in [0.05, 0.1) is 4.88 Å². The number of hydrogen-bond donors (Lipinski definition) is 0. The van der Waals surface area contributed by atoms with Crippen LogP contribution in [0.1, 0.15) is 35.4 Å². The first-order valence-corrected chi connectivity index (χ1v) is 8.45. The minimum absolute atomic E-state index is 0.0221. The molecule has 1 aliphatic heterocycles. The maximum absolute atomic E-state index is 12.5. The lowest BCUT2D eigenvalue weighted by Gasteiger charge is -2.32. The highest BCUT2D eigenvalue weighted by atomic mass is 32.1. The average Bonchev–Trinajstić information content (AvgIpc) is 3.19. The van der Waals surface area contributed by atoms with E-state index in [2.05, 4.69) is 0 Å². The molecule has 2 atom stereocenters. The summed E-state index contributed by atoms with van der Waals surface area (Å²) in [6.07, 6.45) is 4.11. The van der Waals surface area contributed by atoms with Crippen molar-refractivity contribution in [3.05, 3.63) is 22.4 Å². The molecule has 0 unspecified atom stereocenters. The number of hydrogen-bond acceptors (Lipinski definition) is 3. The molecule has 0 N–H and O–H groups in total. The summed E-state index contributed by atoms with van der Waals surface area (Å²) in [5.74, 6) is 0.455. The maximum Gasteiger partial charge on any atom is 0.263 e. The summed E-state index contributed by atoms with van der Waals surface area (Å²) >= 11 is 1.49. The molecule has 1 aromatic heterocycles. The van der Waals surface area contributed by atoms with Crippen LogP contribution in [0.3, 0.4) is 0 Å². The van der Waals surface area contributed by atoms with E-state index < -0.39 is 0 Å². The van der Waals surface area contributed by atoms with Gasteiger partial charge >= 0.3 is 0 Å². The van der Waals surface area contributed by atoms with E-state index >= 15 is 0 Å². The molecular weight excluding hydrogens is 284 g/mol. The number of rotatable bonds is 2. The van der Waals surface area contributed by atoms with Crippen LogP contribution < -0.4 is 0 Å². The highest BCUT2D eigenvalue weighted by Crippen LogP contribution is 2.50. The Kier molecular flexibility index (Phi) is 3.78. The minimum atomic E-state index is 0.0221. The monoisotopic (exact) mass is 306 g/mol. The molecule has 1 spiro atoms. The van der Waals surface area contributed by atoms with E-state index in [1.165, 1.54) is 11.3 Å². The smallest absolute Gasteiger partial charge is 0.263 e. The van der Waals surface area contributed by atoms with Crippen LogP contribution >= 0.6 is 11.3 Å². The van der Waals surface area contributed by atoms with Crippen molar-refractivity contribution in [1.82, 2.24) is 9.80 Å². The van der Waals surface area contributed by atoms with Crippen LogP contribution in [0.2, 0.25) is 0 Å². The van der Waals surface area contributed by atoms with E-state index in [0.29, 0.717) is 0 Å². The standard InChI is InChI=1S/C16H22N2O2S/c1-17(2)14(19)12-5-3-7-16(12)8-9-18(11-16)15(20)13-6-4-10-21-13/h4,6,10,12H,3,5,7-9,11H2,1-2H3/t12-,16+/m1/s1. The first-order valence-electron chi connectivity index (χ1n) is 7.57. The maximum atomic E-state index is 12.5. The molecule has 0 aromatic carbocycles. The summed E-state index contributed by atoms with van der Waals surface area (Å²) in [5, 5.41) is 1.94. The van der Waals surface area contributed by atoms with Crippen LogP contribution in [-0.4, -0.2) is 48.8 Å². The lowest BCUT2D eigenvalue weighted by molar-refractivity contribution is -0.136. The van der Waals surface area contributed by atoms with Crippen molar-refractivity contribution in [2.24, 2.45) is 11.3 Å². The zero-order valence-corrected chi connectivity index (χ0v) is 13.5. The summed E-state index contributed by atoms with van der Waals surface area (Å²) < 4.78 is 0. The Bertz CT molecular complexity index is 540. The van der Waals surface area contributed by atoms with Crippen molar-refractivity contribution in [1.29, 1.82) is 0 Å². The summed E-state index contributed by atoms with van der Waals surface area (Å²) in [5.41, 5.74) is 0.0221. The molecule has 114 valence electrons. The van der Waals surface area contributed by atoms with E-state index in [1.54, 1.807) is 4.90 Å². The Morgan fingerprint density at radius 1 is 1.38 bits per heavy atom. The average molecular weight is 306 g/mol. The highest BCUT2D eigenvalue weighted by molar-refractivity contribution is 7.12. The number of nitrogens with zero attached hydrogens (tertiary/aromatic N) is 2. The second kappa shape index (κ2) is 5.44. The fraction of sp³-hybridized carbons (Fsp3) is 0.625. The van der Waals surface area contributed by atoms with Gasteiger partial charge in [-0.15, -0.1) is 11.3 Å². The molecule has 1 saturated heterocycles. The summed E-state index contributed by atoms with van der Waals surface area (Å²) in [6.45, 7) is 1.53. The number of likely N-dealkylation sites (tertiary alicyclic amines) is 1. The lowest BCUT2D eigenvalue weighted by atomic mass is 9.76. The van der Waals surface area contributed by atoms with Gasteiger partial charge in [0.1, 0.15) is 0 Å². The molecule has 2 heterocycles. The minimum Gasteiger partial charge on any atom is -0.349 e. The van der Waals surface area contributed by atoms with E-state index in [-0.39, 0.29) is 23.1 Å². The first kappa shape index (κ1) is 14.6. The molecule has 5 heteroatoms. The molecule has 2 aliphatic rings. The van der Waals surface area contributed by atoms with Gasteiger partial charge in [-0.2, -0.15) is 0 Å². The third kappa shape index (κ3) is 2.48. The van der Waals surface area contributed by atoms with Crippen LogP contribution in [0.15, 0.2) is 17.5 Å². The molecule has 0 bridgehead atoms. The van der Waals surface area contributed by atoms with Crippen LogP contribution in [0.5, 0.6) is 0 Å². The predicted octanol–water partition coefficient (Wildman–Crippen LogP) is 2.47. The van der Waals surface area contributed by atoms with Gasteiger partial charge in [0.15, 0.2) is 0 Å². The molecule has 1 aromatic rings. The normalized spacial score (nSPS) is 28.3. The molecule has 2 fully saturated rings. The second-order valence-electron chi connectivity index (χ2n) is 6.49. The molecule has 3 rings (SSSR count). The van der Waals surface area contributed by atoms with Crippen molar-refractivity contribution >= 4 is 23.2 Å². The van der Waals surface area contributed by atoms with Crippen LogP contribution in [-0.2, 0) is 4.79 Å². The molecule has 21 heavy (non-hydrogen) atoms. The molecule has 1 saturated carbocycles. The van der Waals surface area contributed by atoms with E-state index in [4.69, 9.17) is 0 Å². The fourth-order valence-electron chi connectivity index (χ4n) is 3.95. The van der Waals surface area contributed by atoms with Gasteiger partial charge in [-0.25, -0.2) is 0 Å². The summed E-state index contributed by atoms with van der Waals surface area (Å²) in [7, 11) is 3.66. The fourth-order valence-corrected chi connectivity index (χ4v) is 4.64. The van der Waals surface area contributed by atoms with Gasteiger partial charge in [-0.3, -0.25) is 9.59 Å². The number of thiophene rings is 1. The van der Waals surface area contributed by atoms with Crippen molar-refractivity contribution in [3.8, 4) is 0 Å². The number of carbonyl (C=O) groups is 2. The van der Waals surface area contributed by atoms with Gasteiger partial charge in [0.2, 0.25) is 5.91 Å². The van der Waals surface area contributed by atoms with Gasteiger partial charge in [0.25, 0.3) is 5.91 Å². The third-order valence-corrected chi connectivity index (χ3v) is 5.91. The predicted molar refractivity (Wildman–Crippen MR) is 83.3 cm³/mol. The van der Waals surface area contributed by atoms with Crippen LogP contribution in [0, 0.1) is 11.3 Å². The van der Waals surface area contributed by atoms with Crippen molar-refractivity contribution in [2.75, 3.05) is 27.2 Å². The van der Waals surface area contributed by atoms with E-state index in [9.17, 15) is 9.59 Å². The van der Waals surface area contributed by atoms with Gasteiger partial charge in [-0.05, 0) is 30.7 Å². The molecule has 1 aliphatic carbocycles. The molecule has 0 radical (unpaired) electrons. The Morgan fingerprint density at radius 2 is 2.19 bits per heavy atom. The van der Waals surface area contributed by atoms with Crippen LogP contribution in [0.4, 0.5) is 0 Å². The lowest BCUT2D eigenvalue weighted by Crippen LogP contribution is -2.40. The largest absolute Gasteiger partial charge is 0.349 e. The van der Waals surface area contributed by atoms with E-state index in [1.807, 2.05) is 36.5 Å². The van der Waals surface area contributed by atoms with Crippen molar-refractivity contribution in [2.45, 2.75) is 25.7 Å². The Hall–Kier alpha value is -1.36. The summed E-state index contributed by atoms with van der Waals surface area (Å²) in [4.78, 5) is 29.4. The zero-order valence-electron chi connectivity index (χ0n) is 12.7. The third-order valence-electron chi connectivity index (χ3n) is 5.05. The highest BCUT2D eigenvalue weighted by Gasteiger charge is 2.51. The van der Waals surface area contributed by atoms with Gasteiger partial charge in [-0.1, -0.05) is 12.5 Å². The topological polar surface area (TPSA) is 40.6 Å². The van der Waals surface area contributed by atoms with Gasteiger partial charge in [0, 0.05) is 38.5 Å². The van der Waals surface area contributed by atoms with Gasteiger partial charge < -0.3 is 9.80 Å².